The molecule has 0 radical (unpaired) electrons. The summed E-state index contributed by atoms with van der Waals surface area (Å²) >= 11 is 0. The van der Waals surface area contributed by atoms with Gasteiger partial charge in [-0.2, -0.15) is 0 Å². The zero-order valence-electron chi connectivity index (χ0n) is 43.1. The lowest BCUT2D eigenvalue weighted by atomic mass is 9.86. The van der Waals surface area contributed by atoms with E-state index in [0.717, 1.165) is 19.2 Å². The van der Waals surface area contributed by atoms with Crippen LogP contribution in [0.25, 0.3) is 44.7 Å². The van der Waals surface area contributed by atoms with E-state index in [-0.39, 0.29) is 54.1 Å². The van der Waals surface area contributed by atoms with E-state index in [4.69, 9.17) is 9.72 Å². The van der Waals surface area contributed by atoms with Crippen LogP contribution in [0.5, 0.6) is 0 Å². The Bertz CT molecular complexity index is 3340. The Morgan fingerprint density at radius 2 is 1.68 bits per heavy atom. The van der Waals surface area contributed by atoms with Gasteiger partial charge in [-0.3, -0.25) is 23.9 Å². The molecular weight excluding hydrogens is 986 g/mol. The van der Waals surface area contributed by atoms with Gasteiger partial charge < -0.3 is 35.3 Å². The number of benzene rings is 2. The second-order valence-corrected chi connectivity index (χ2v) is 21.9. The maximum atomic E-state index is 15.2. The zero-order chi connectivity index (χ0) is 53.9. The van der Waals surface area contributed by atoms with Gasteiger partial charge in [-0.25, -0.2) is 32.6 Å². The summed E-state index contributed by atoms with van der Waals surface area (Å²) in [5, 5.41) is 28.8. The van der Waals surface area contributed by atoms with Crippen LogP contribution in [-0.2, 0) is 59.0 Å². The third-order valence-electron chi connectivity index (χ3n) is 13.7. The zero-order valence-corrected chi connectivity index (χ0v) is 43.9. The first-order valence-electron chi connectivity index (χ1n) is 25.0. The minimum Gasteiger partial charge on any atom is -0.458 e. The summed E-state index contributed by atoms with van der Waals surface area (Å²) in [7, 11) is 0.382. The molecule has 0 saturated heterocycles. The molecule has 0 unspecified atom stereocenters. The number of nitrogens with zero attached hydrogens (tertiary/aromatic N) is 8. The summed E-state index contributed by atoms with van der Waals surface area (Å²) in [6, 6.07) is 9.89. The normalized spacial score (nSPS) is 15.8. The van der Waals surface area contributed by atoms with Gasteiger partial charge in [-0.15, -0.1) is 5.10 Å². The molecule has 4 N–H and O–H groups in total. The van der Waals surface area contributed by atoms with Crippen molar-refractivity contribution in [1.82, 2.24) is 50.0 Å². The number of aryl methyl sites for hydroxylation is 2. The smallest absolute Gasteiger partial charge is 0.343 e. The van der Waals surface area contributed by atoms with Gasteiger partial charge >= 0.3 is 5.97 Å². The first-order chi connectivity index (χ1) is 35.7. The van der Waals surface area contributed by atoms with Crippen LogP contribution in [0.15, 0.2) is 71.0 Å². The average molecular weight is 1050 g/mol. The second-order valence-electron chi connectivity index (χ2n) is 20.0. The third-order valence-corrected chi connectivity index (χ3v) is 14.6. The number of anilines is 1. The number of amides is 3. The van der Waals surface area contributed by atoms with Crippen LogP contribution in [0.1, 0.15) is 94.4 Å². The molecule has 2 aromatic carbocycles. The van der Waals surface area contributed by atoms with Crippen LogP contribution in [0, 0.1) is 18.7 Å². The number of carbonyl (C=O) groups is 4. The highest BCUT2D eigenvalue weighted by molar-refractivity contribution is 7.90. The van der Waals surface area contributed by atoms with Crippen molar-refractivity contribution in [2.45, 2.75) is 122 Å². The monoisotopic (exact) mass is 1050 g/mol. The van der Waals surface area contributed by atoms with Gasteiger partial charge in [0.2, 0.25) is 32.7 Å². The number of pyridine rings is 2. The molecule has 75 heavy (non-hydrogen) atoms. The highest BCUT2D eigenvalue weighted by atomic mass is 32.2. The number of nitrogens with one attached hydrogen (secondary N) is 3. The Hall–Kier alpha value is -7.30. The Balaban J connectivity index is 0.935. The highest BCUT2D eigenvalue weighted by Gasteiger charge is 2.45. The summed E-state index contributed by atoms with van der Waals surface area (Å²) in [4.78, 5) is 82.9. The molecule has 2 aliphatic rings. The molecule has 0 fully saturated rings. The van der Waals surface area contributed by atoms with E-state index in [1.807, 2.05) is 45.0 Å². The van der Waals surface area contributed by atoms with Gasteiger partial charge in [-0.1, -0.05) is 44.5 Å². The molecule has 20 nitrogen and oxygen atoms in total. The molecule has 0 spiro atoms. The van der Waals surface area contributed by atoms with Crippen molar-refractivity contribution in [2.24, 2.45) is 5.92 Å². The highest BCUT2D eigenvalue weighted by Crippen LogP contribution is 2.44. The summed E-state index contributed by atoms with van der Waals surface area (Å²) in [5.74, 6) is -2.82. The van der Waals surface area contributed by atoms with Crippen LogP contribution >= 0.6 is 0 Å². The van der Waals surface area contributed by atoms with Gasteiger partial charge in [-0.05, 0) is 113 Å². The number of cyclic esters (lactones) is 1. The lowest BCUT2D eigenvalue weighted by molar-refractivity contribution is -0.172. The van der Waals surface area contributed by atoms with Gasteiger partial charge in [0.1, 0.15) is 30.2 Å². The lowest BCUT2D eigenvalue weighted by Gasteiger charge is -2.31. The predicted molar refractivity (Wildman–Crippen MR) is 277 cm³/mol. The summed E-state index contributed by atoms with van der Waals surface area (Å²) in [5.41, 5.74) is 2.93. The Kier molecular flexibility index (Phi) is 16.0. The number of unbranched alkanes of at least 4 members (excludes halogenated alkanes) is 3. The largest absolute Gasteiger partial charge is 0.458 e. The van der Waals surface area contributed by atoms with Crippen molar-refractivity contribution < 1.29 is 41.8 Å². The van der Waals surface area contributed by atoms with Crippen LogP contribution in [0.2, 0.25) is 0 Å². The topological polar surface area (TPSA) is 263 Å². The number of esters is 1. The second kappa shape index (κ2) is 22.3. The molecule has 396 valence electrons. The maximum absolute atomic E-state index is 15.2. The fourth-order valence-electron chi connectivity index (χ4n) is 9.49. The first kappa shape index (κ1) is 54.0. The average Bonchev–Trinajstić information content (AvgIpc) is 4.03. The van der Waals surface area contributed by atoms with E-state index < -0.39 is 56.7 Å². The lowest BCUT2D eigenvalue weighted by Crippen LogP contribution is -2.54. The standard InChI is InChI=1S/C53H62FN11O9S/c1-8-53(71)38-23-43-47-36(27-65(43)50(69)37(38)29-74-51(53)70)45(35-22-31(4)39(54)24-41(35)58-47)32-16-18-34(19-17-32)57-48(67)40(14-11-13-20-63(5)6)59-49(68)46(30(2)3)60-44(66)15-10-9-12-21-64-28-42(61-62-64)33-25-55-52(56-26-33)75(7,72)73/h16-19,22-26,28,30,40,46,71H,8-15,20-21,27,29H2,1-7H3,(H,57,67)(H,59,68)(H,60,66)/t40-,46-,53-/m0/s1. The van der Waals surface area contributed by atoms with Crippen molar-refractivity contribution in [3.63, 3.8) is 0 Å². The number of aromatic nitrogens is 7. The van der Waals surface area contributed by atoms with E-state index in [1.54, 1.807) is 49.0 Å². The molecular formula is C53H62FN11O9S. The van der Waals surface area contributed by atoms with Crippen molar-refractivity contribution in [3.05, 3.63) is 99.5 Å². The van der Waals surface area contributed by atoms with Crippen LogP contribution in [-0.4, -0.2) is 116 Å². The minimum atomic E-state index is -3.54. The molecule has 0 saturated carbocycles. The van der Waals surface area contributed by atoms with E-state index in [2.05, 4.69) is 36.2 Å². The number of carbonyl (C=O) groups excluding carboxylic acids is 4. The number of halogens is 1. The number of hydrogen-bond donors (Lipinski definition) is 4. The van der Waals surface area contributed by atoms with Gasteiger partial charge in [0.15, 0.2) is 5.60 Å². The number of hydrogen-bond acceptors (Lipinski definition) is 15. The maximum Gasteiger partial charge on any atom is 0.343 e. The Morgan fingerprint density at radius 1 is 0.947 bits per heavy atom. The Labute approximate surface area is 433 Å². The molecule has 3 atom stereocenters. The van der Waals surface area contributed by atoms with E-state index >= 15 is 4.39 Å². The molecule has 4 aromatic heterocycles. The molecule has 0 aliphatic carbocycles. The number of ether oxygens (including phenoxy) is 1. The fourth-order valence-corrected chi connectivity index (χ4v) is 9.98. The van der Waals surface area contributed by atoms with Crippen molar-refractivity contribution in [2.75, 3.05) is 32.2 Å². The van der Waals surface area contributed by atoms with Crippen LogP contribution in [0.4, 0.5) is 10.1 Å². The first-order valence-corrected chi connectivity index (χ1v) is 26.9. The number of sulfone groups is 1. The van der Waals surface area contributed by atoms with E-state index in [0.29, 0.717) is 100 Å². The van der Waals surface area contributed by atoms with E-state index in [1.165, 1.54) is 23.0 Å². The van der Waals surface area contributed by atoms with Crippen LogP contribution < -0.4 is 21.5 Å². The van der Waals surface area contributed by atoms with Crippen molar-refractivity contribution >= 4 is 50.1 Å². The van der Waals surface area contributed by atoms with Gasteiger partial charge in [0, 0.05) is 65.4 Å². The molecule has 6 aromatic rings. The molecule has 6 heterocycles. The minimum absolute atomic E-state index is 0.0210. The summed E-state index contributed by atoms with van der Waals surface area (Å²) in [6.07, 6.45) is 9.32. The van der Waals surface area contributed by atoms with Crippen molar-refractivity contribution in [1.29, 1.82) is 0 Å². The quantitative estimate of drug-likeness (QED) is 0.0410. The third kappa shape index (κ3) is 11.7. The number of aliphatic hydroxyl groups is 1. The summed E-state index contributed by atoms with van der Waals surface area (Å²) in [6.45, 7) is 8.06. The van der Waals surface area contributed by atoms with Gasteiger partial charge in [0.25, 0.3) is 5.56 Å². The molecule has 8 rings (SSSR count). The number of fused-ring (bicyclic) bond motifs is 5. The van der Waals surface area contributed by atoms with Crippen molar-refractivity contribution in [3.8, 4) is 33.8 Å². The summed E-state index contributed by atoms with van der Waals surface area (Å²) < 4.78 is 47.0. The predicted octanol–water partition coefficient (Wildman–Crippen LogP) is 5.20. The van der Waals surface area contributed by atoms with Gasteiger partial charge in [0.05, 0.1) is 35.2 Å². The fraction of sp³-hybridized carbons (Fsp3) is 0.434. The molecule has 3 amide bonds. The van der Waals surface area contributed by atoms with E-state index in [9.17, 15) is 37.5 Å². The molecule has 0 bridgehead atoms. The molecule has 2 aliphatic heterocycles. The Morgan fingerprint density at radius 3 is 2.36 bits per heavy atom. The molecule has 22 heteroatoms. The number of rotatable bonds is 21. The SMILES string of the molecule is CC[C@@]1(O)C(=O)OCc2c1cc1n(c2=O)Cc2c-1nc1cc(F)c(C)cc1c2-c1ccc(NC(=O)[C@H](CCCCN(C)C)NC(=O)[C@@H](NC(=O)CCCCCn2cc(-c3cnc(S(C)(=O)=O)nc3)nn2)C(C)C)cc1. The van der Waals surface area contributed by atoms with Crippen LogP contribution in [0.3, 0.4) is 0 Å².